The Balaban J connectivity index is 1.97. The second-order valence-corrected chi connectivity index (χ2v) is 4.35. The predicted molar refractivity (Wildman–Crippen MR) is 52.1 cm³/mol. The molecule has 0 radical (unpaired) electrons. The number of likely N-dealkylation sites (tertiary alicyclic amines) is 1. The summed E-state index contributed by atoms with van der Waals surface area (Å²) in [6.45, 7) is 2.99. The molecule has 5 nitrogen and oxygen atoms in total. The molecular formula is C10H17NO4. The van der Waals surface area contributed by atoms with Gasteiger partial charge in [-0.1, -0.05) is 0 Å². The molecule has 0 saturated carbocycles. The van der Waals surface area contributed by atoms with Crippen LogP contribution in [-0.2, 0) is 9.53 Å². The number of hydrogen-bond acceptors (Lipinski definition) is 4. The molecule has 0 aliphatic carbocycles. The summed E-state index contributed by atoms with van der Waals surface area (Å²) in [5.41, 5.74) is 0. The molecule has 2 N–H and O–H groups in total. The fourth-order valence-electron chi connectivity index (χ4n) is 2.24. The molecule has 0 aromatic carbocycles. The van der Waals surface area contributed by atoms with E-state index in [1.54, 1.807) is 0 Å². The molecule has 0 bridgehead atoms. The molecule has 2 unspecified atom stereocenters. The van der Waals surface area contributed by atoms with Crippen LogP contribution in [0.15, 0.2) is 0 Å². The molecular weight excluding hydrogens is 198 g/mol. The molecule has 5 heteroatoms. The zero-order valence-corrected chi connectivity index (χ0v) is 8.80. The van der Waals surface area contributed by atoms with Gasteiger partial charge in [-0.25, -0.2) is 0 Å². The van der Waals surface area contributed by atoms with E-state index in [1.165, 1.54) is 4.90 Å². The standard InChI is InChI=1S/C10H17NO4/c1-6-7(2-3-15-6)10(14)11-4-8(12)9(13)5-11/h6-9,12-13H,2-5H2,1H3/t6?,7?,8-,9+. The number of amides is 1. The van der Waals surface area contributed by atoms with Crippen molar-refractivity contribution in [3.8, 4) is 0 Å². The van der Waals surface area contributed by atoms with Gasteiger partial charge in [0.15, 0.2) is 0 Å². The summed E-state index contributed by atoms with van der Waals surface area (Å²) in [6.07, 6.45) is -0.909. The minimum Gasteiger partial charge on any atom is -0.388 e. The van der Waals surface area contributed by atoms with Crippen molar-refractivity contribution >= 4 is 5.91 Å². The fourth-order valence-corrected chi connectivity index (χ4v) is 2.24. The van der Waals surface area contributed by atoms with Crippen LogP contribution in [0.5, 0.6) is 0 Å². The van der Waals surface area contributed by atoms with Crippen molar-refractivity contribution in [2.75, 3.05) is 19.7 Å². The van der Waals surface area contributed by atoms with Crippen molar-refractivity contribution in [3.05, 3.63) is 0 Å². The Kier molecular flexibility index (Phi) is 2.95. The van der Waals surface area contributed by atoms with Crippen LogP contribution in [0, 0.1) is 5.92 Å². The first kappa shape index (κ1) is 10.9. The zero-order chi connectivity index (χ0) is 11.0. The number of ether oxygens (including phenoxy) is 1. The van der Waals surface area contributed by atoms with Crippen molar-refractivity contribution < 1.29 is 19.7 Å². The van der Waals surface area contributed by atoms with Crippen LogP contribution in [0.4, 0.5) is 0 Å². The Morgan fingerprint density at radius 1 is 1.33 bits per heavy atom. The monoisotopic (exact) mass is 215 g/mol. The molecule has 86 valence electrons. The quantitative estimate of drug-likeness (QED) is 0.587. The lowest BCUT2D eigenvalue weighted by atomic mass is 10.0. The average Bonchev–Trinajstić information content (AvgIpc) is 2.74. The maximum Gasteiger partial charge on any atom is 0.228 e. The largest absolute Gasteiger partial charge is 0.388 e. The highest BCUT2D eigenvalue weighted by Crippen LogP contribution is 2.24. The van der Waals surface area contributed by atoms with Crippen molar-refractivity contribution in [1.29, 1.82) is 0 Å². The third kappa shape index (κ3) is 2.00. The number of aliphatic hydroxyl groups is 2. The molecule has 15 heavy (non-hydrogen) atoms. The van der Waals surface area contributed by atoms with Gasteiger partial charge in [-0.3, -0.25) is 4.79 Å². The summed E-state index contributed by atoms with van der Waals surface area (Å²) >= 11 is 0. The highest BCUT2D eigenvalue weighted by molar-refractivity contribution is 5.80. The summed E-state index contributed by atoms with van der Waals surface area (Å²) in [7, 11) is 0. The van der Waals surface area contributed by atoms with E-state index in [4.69, 9.17) is 4.74 Å². The number of nitrogens with zero attached hydrogens (tertiary/aromatic N) is 1. The molecule has 2 saturated heterocycles. The first-order valence-corrected chi connectivity index (χ1v) is 5.36. The Bertz CT molecular complexity index is 248. The summed E-state index contributed by atoms with van der Waals surface area (Å²) < 4.78 is 5.33. The van der Waals surface area contributed by atoms with E-state index in [0.717, 1.165) is 6.42 Å². The first-order chi connectivity index (χ1) is 7.09. The summed E-state index contributed by atoms with van der Waals surface area (Å²) in [5.74, 6) is -0.113. The van der Waals surface area contributed by atoms with Crippen LogP contribution in [-0.4, -0.2) is 59.0 Å². The number of aliphatic hydroxyl groups excluding tert-OH is 2. The van der Waals surface area contributed by atoms with Crippen LogP contribution >= 0.6 is 0 Å². The van der Waals surface area contributed by atoms with Crippen molar-refractivity contribution in [2.24, 2.45) is 5.92 Å². The topological polar surface area (TPSA) is 70.0 Å². The second kappa shape index (κ2) is 4.08. The molecule has 4 atom stereocenters. The van der Waals surface area contributed by atoms with Gasteiger partial charge < -0.3 is 19.8 Å². The van der Waals surface area contributed by atoms with Gasteiger partial charge in [-0.15, -0.1) is 0 Å². The lowest BCUT2D eigenvalue weighted by molar-refractivity contribution is -0.136. The fraction of sp³-hybridized carbons (Fsp3) is 0.900. The van der Waals surface area contributed by atoms with Gasteiger partial charge in [0.25, 0.3) is 0 Å². The molecule has 2 aliphatic heterocycles. The maximum atomic E-state index is 12.0. The number of carbonyl (C=O) groups is 1. The van der Waals surface area contributed by atoms with E-state index >= 15 is 0 Å². The number of hydrogen-bond donors (Lipinski definition) is 2. The average molecular weight is 215 g/mol. The van der Waals surface area contributed by atoms with Crippen LogP contribution in [0.3, 0.4) is 0 Å². The number of rotatable bonds is 1. The van der Waals surface area contributed by atoms with Crippen LogP contribution in [0.2, 0.25) is 0 Å². The number of β-amino-alcohol motifs (C(OH)–C–C–N with tert-alkyl or cyclic N) is 2. The highest BCUT2D eigenvalue weighted by atomic mass is 16.5. The molecule has 1 amide bonds. The lowest BCUT2D eigenvalue weighted by Gasteiger charge is -2.21. The first-order valence-electron chi connectivity index (χ1n) is 5.36. The van der Waals surface area contributed by atoms with E-state index in [-0.39, 0.29) is 31.0 Å². The summed E-state index contributed by atoms with van der Waals surface area (Å²) in [6, 6.07) is 0. The smallest absolute Gasteiger partial charge is 0.228 e. The van der Waals surface area contributed by atoms with E-state index in [1.807, 2.05) is 6.92 Å². The summed E-state index contributed by atoms with van der Waals surface area (Å²) in [4.78, 5) is 13.5. The molecule has 2 fully saturated rings. The number of carbonyl (C=O) groups excluding carboxylic acids is 1. The Hall–Kier alpha value is -0.650. The van der Waals surface area contributed by atoms with E-state index < -0.39 is 12.2 Å². The second-order valence-electron chi connectivity index (χ2n) is 4.35. The maximum absolute atomic E-state index is 12.0. The molecule has 0 aromatic heterocycles. The van der Waals surface area contributed by atoms with Crippen LogP contribution < -0.4 is 0 Å². The zero-order valence-electron chi connectivity index (χ0n) is 8.80. The molecule has 2 heterocycles. The van der Waals surface area contributed by atoms with Gasteiger partial charge in [-0.2, -0.15) is 0 Å². The predicted octanol–water partition coefficient (Wildman–Crippen LogP) is -1.02. The third-order valence-electron chi connectivity index (χ3n) is 3.26. The molecule has 0 spiro atoms. The van der Waals surface area contributed by atoms with Crippen molar-refractivity contribution in [1.82, 2.24) is 4.90 Å². The van der Waals surface area contributed by atoms with Gasteiger partial charge in [0.1, 0.15) is 0 Å². The van der Waals surface area contributed by atoms with Gasteiger partial charge in [0.2, 0.25) is 5.91 Å². The third-order valence-corrected chi connectivity index (χ3v) is 3.26. The van der Waals surface area contributed by atoms with Crippen LogP contribution in [0.25, 0.3) is 0 Å². The lowest BCUT2D eigenvalue weighted by Crippen LogP contribution is -2.37. The van der Waals surface area contributed by atoms with Gasteiger partial charge in [0.05, 0.1) is 24.2 Å². The van der Waals surface area contributed by atoms with E-state index in [2.05, 4.69) is 0 Å². The van der Waals surface area contributed by atoms with E-state index in [0.29, 0.717) is 6.61 Å². The summed E-state index contributed by atoms with van der Waals surface area (Å²) in [5, 5.41) is 18.7. The molecule has 2 aliphatic rings. The highest BCUT2D eigenvalue weighted by Gasteiger charge is 2.39. The minimum absolute atomic E-state index is 0.00407. The normalized spacial score (nSPS) is 41.1. The van der Waals surface area contributed by atoms with Crippen molar-refractivity contribution in [3.63, 3.8) is 0 Å². The van der Waals surface area contributed by atoms with Gasteiger partial charge >= 0.3 is 0 Å². The van der Waals surface area contributed by atoms with Crippen molar-refractivity contribution in [2.45, 2.75) is 31.7 Å². The van der Waals surface area contributed by atoms with Gasteiger partial charge in [0, 0.05) is 19.7 Å². The van der Waals surface area contributed by atoms with Crippen LogP contribution in [0.1, 0.15) is 13.3 Å². The minimum atomic E-state index is -0.799. The Morgan fingerprint density at radius 3 is 2.40 bits per heavy atom. The SMILES string of the molecule is CC1OCCC1C(=O)N1C[C@@H](O)[C@@H](O)C1. The molecule has 2 rings (SSSR count). The van der Waals surface area contributed by atoms with E-state index in [9.17, 15) is 15.0 Å². The Labute approximate surface area is 88.6 Å². The van der Waals surface area contributed by atoms with Gasteiger partial charge in [-0.05, 0) is 13.3 Å². The Morgan fingerprint density at radius 2 is 1.93 bits per heavy atom. The molecule has 0 aromatic rings.